The van der Waals surface area contributed by atoms with Crippen molar-refractivity contribution < 1.29 is 4.79 Å². The topological polar surface area (TPSA) is 64.2 Å². The normalized spacial score (nSPS) is 13.2. The lowest BCUT2D eigenvalue weighted by Crippen LogP contribution is -2.27. The molecule has 0 atom stereocenters. The van der Waals surface area contributed by atoms with Gasteiger partial charge in [0, 0.05) is 37.6 Å². The van der Waals surface area contributed by atoms with Gasteiger partial charge in [-0.2, -0.15) is 5.10 Å². The van der Waals surface area contributed by atoms with Crippen LogP contribution in [0.4, 0.5) is 5.69 Å². The summed E-state index contributed by atoms with van der Waals surface area (Å²) in [4.78, 5) is 14.3. The zero-order chi connectivity index (χ0) is 15.0. The van der Waals surface area contributed by atoms with Gasteiger partial charge in [-0.25, -0.2) is 0 Å². The van der Waals surface area contributed by atoms with Gasteiger partial charge in [0.15, 0.2) is 5.69 Å². The summed E-state index contributed by atoms with van der Waals surface area (Å²) in [6.07, 6.45) is 3.07. The molecule has 1 aromatic carbocycles. The summed E-state index contributed by atoms with van der Waals surface area (Å²) in [6, 6.07) is 7.63. The van der Waals surface area contributed by atoms with Crippen LogP contribution in [0, 0.1) is 0 Å². The Balaban J connectivity index is 1.82. The van der Waals surface area contributed by atoms with Crippen LogP contribution in [-0.2, 0) is 26.4 Å². The fourth-order valence-electron chi connectivity index (χ4n) is 2.97. The minimum Gasteiger partial charge on any atom is -0.398 e. The average Bonchev–Trinajstić information content (AvgIpc) is 3.05. The summed E-state index contributed by atoms with van der Waals surface area (Å²) in [5, 5.41) is 4.41. The Morgan fingerprint density at radius 2 is 2.14 bits per heavy atom. The number of rotatable bonds is 3. The first kappa shape index (κ1) is 13.7. The molecule has 0 aliphatic heterocycles. The summed E-state index contributed by atoms with van der Waals surface area (Å²) in [5.74, 6) is -0.0306. The number of aryl methyl sites for hydroxylation is 1. The fraction of sp³-hybridized carbons (Fsp3) is 0.375. The van der Waals surface area contributed by atoms with E-state index in [0.717, 1.165) is 30.4 Å². The van der Waals surface area contributed by atoms with Crippen molar-refractivity contribution in [3.63, 3.8) is 0 Å². The van der Waals surface area contributed by atoms with E-state index in [-0.39, 0.29) is 5.91 Å². The van der Waals surface area contributed by atoms with E-state index in [0.29, 0.717) is 17.9 Å². The molecular weight excluding hydrogens is 264 g/mol. The lowest BCUT2D eigenvalue weighted by atomic mass is 10.1. The van der Waals surface area contributed by atoms with E-state index in [1.165, 1.54) is 5.69 Å². The summed E-state index contributed by atoms with van der Waals surface area (Å²) in [6.45, 7) is 0.497. The molecule has 1 aliphatic rings. The van der Waals surface area contributed by atoms with E-state index < -0.39 is 0 Å². The van der Waals surface area contributed by atoms with Crippen molar-refractivity contribution in [2.24, 2.45) is 7.05 Å². The third-order valence-electron chi connectivity index (χ3n) is 4.13. The SMILES string of the molecule is CN(Cc1ccccc1N)C(=O)c1nn(C)c2c1CCC2. The third-order valence-corrected chi connectivity index (χ3v) is 4.13. The Bertz CT molecular complexity index is 690. The lowest BCUT2D eigenvalue weighted by molar-refractivity contribution is 0.0777. The van der Waals surface area contributed by atoms with Gasteiger partial charge >= 0.3 is 0 Å². The number of para-hydroxylation sites is 1. The van der Waals surface area contributed by atoms with Gasteiger partial charge in [0.05, 0.1) is 0 Å². The standard InChI is InChI=1S/C16H20N4O/c1-19(10-11-6-3-4-8-13(11)17)16(21)15-12-7-5-9-14(12)20(2)18-15/h3-4,6,8H,5,7,9-10,17H2,1-2H3. The number of carbonyl (C=O) groups excluding carboxylic acids is 1. The number of benzene rings is 1. The van der Waals surface area contributed by atoms with Gasteiger partial charge in [0.2, 0.25) is 0 Å². The second-order valence-corrected chi connectivity index (χ2v) is 5.61. The smallest absolute Gasteiger partial charge is 0.274 e. The molecule has 1 aromatic heterocycles. The second kappa shape index (κ2) is 5.24. The maximum absolute atomic E-state index is 12.6. The number of anilines is 1. The molecule has 0 saturated heterocycles. The minimum atomic E-state index is -0.0306. The largest absolute Gasteiger partial charge is 0.398 e. The monoisotopic (exact) mass is 284 g/mol. The molecule has 0 spiro atoms. The zero-order valence-corrected chi connectivity index (χ0v) is 12.5. The van der Waals surface area contributed by atoms with Gasteiger partial charge < -0.3 is 10.6 Å². The summed E-state index contributed by atoms with van der Waals surface area (Å²) < 4.78 is 1.85. The molecule has 0 fully saturated rings. The Morgan fingerprint density at radius 1 is 1.38 bits per heavy atom. The lowest BCUT2D eigenvalue weighted by Gasteiger charge is -2.17. The maximum atomic E-state index is 12.6. The minimum absolute atomic E-state index is 0.0306. The van der Waals surface area contributed by atoms with Gasteiger partial charge in [-0.15, -0.1) is 0 Å². The predicted molar refractivity (Wildman–Crippen MR) is 81.9 cm³/mol. The van der Waals surface area contributed by atoms with Crippen LogP contribution in [0.15, 0.2) is 24.3 Å². The van der Waals surface area contributed by atoms with Crippen molar-refractivity contribution >= 4 is 11.6 Å². The van der Waals surface area contributed by atoms with Gasteiger partial charge in [0.1, 0.15) is 0 Å². The van der Waals surface area contributed by atoms with Gasteiger partial charge in [-0.1, -0.05) is 18.2 Å². The van der Waals surface area contributed by atoms with E-state index >= 15 is 0 Å². The van der Waals surface area contributed by atoms with Crippen LogP contribution in [0.2, 0.25) is 0 Å². The van der Waals surface area contributed by atoms with Crippen molar-refractivity contribution in [1.29, 1.82) is 0 Å². The Morgan fingerprint density at radius 3 is 2.90 bits per heavy atom. The van der Waals surface area contributed by atoms with Crippen molar-refractivity contribution in [3.8, 4) is 0 Å². The number of carbonyl (C=O) groups is 1. The van der Waals surface area contributed by atoms with E-state index in [2.05, 4.69) is 5.10 Å². The number of nitrogens with zero attached hydrogens (tertiary/aromatic N) is 3. The first-order valence-corrected chi connectivity index (χ1v) is 7.21. The quantitative estimate of drug-likeness (QED) is 0.874. The third kappa shape index (κ3) is 2.39. The fourth-order valence-corrected chi connectivity index (χ4v) is 2.97. The highest BCUT2D eigenvalue weighted by Gasteiger charge is 2.27. The summed E-state index contributed by atoms with van der Waals surface area (Å²) >= 11 is 0. The molecule has 1 heterocycles. The molecular formula is C16H20N4O. The molecule has 2 N–H and O–H groups in total. The highest BCUT2D eigenvalue weighted by atomic mass is 16.2. The first-order chi connectivity index (χ1) is 10.1. The van der Waals surface area contributed by atoms with E-state index in [1.54, 1.807) is 11.9 Å². The molecule has 5 heteroatoms. The van der Waals surface area contributed by atoms with Gasteiger partial charge in [-0.05, 0) is 30.9 Å². The summed E-state index contributed by atoms with van der Waals surface area (Å²) in [5.41, 5.74) is 10.5. The van der Waals surface area contributed by atoms with Gasteiger partial charge in [0.25, 0.3) is 5.91 Å². The van der Waals surface area contributed by atoms with Crippen LogP contribution >= 0.6 is 0 Å². The molecule has 1 aliphatic carbocycles. The molecule has 0 radical (unpaired) electrons. The number of hydrogen-bond acceptors (Lipinski definition) is 3. The highest BCUT2D eigenvalue weighted by molar-refractivity contribution is 5.94. The predicted octanol–water partition coefficient (Wildman–Crippen LogP) is 1.76. The van der Waals surface area contributed by atoms with Crippen molar-refractivity contribution in [2.45, 2.75) is 25.8 Å². The molecule has 3 rings (SSSR count). The Hall–Kier alpha value is -2.30. The van der Waals surface area contributed by atoms with Crippen LogP contribution in [0.5, 0.6) is 0 Å². The van der Waals surface area contributed by atoms with Crippen molar-refractivity contribution in [3.05, 3.63) is 46.8 Å². The molecule has 0 bridgehead atoms. The summed E-state index contributed by atoms with van der Waals surface area (Å²) in [7, 11) is 3.71. The zero-order valence-electron chi connectivity index (χ0n) is 12.5. The Kier molecular flexibility index (Phi) is 3.41. The molecule has 110 valence electrons. The maximum Gasteiger partial charge on any atom is 0.274 e. The molecule has 0 unspecified atom stereocenters. The second-order valence-electron chi connectivity index (χ2n) is 5.61. The first-order valence-electron chi connectivity index (χ1n) is 7.21. The highest BCUT2D eigenvalue weighted by Crippen LogP contribution is 2.25. The van der Waals surface area contributed by atoms with E-state index in [9.17, 15) is 4.79 Å². The van der Waals surface area contributed by atoms with Crippen LogP contribution in [-0.4, -0.2) is 27.6 Å². The average molecular weight is 284 g/mol. The van der Waals surface area contributed by atoms with E-state index in [4.69, 9.17) is 5.73 Å². The van der Waals surface area contributed by atoms with Crippen LogP contribution in [0.1, 0.15) is 33.7 Å². The number of fused-ring (bicyclic) bond motifs is 1. The van der Waals surface area contributed by atoms with Gasteiger partial charge in [-0.3, -0.25) is 9.48 Å². The number of nitrogens with two attached hydrogens (primary N) is 1. The van der Waals surface area contributed by atoms with Crippen molar-refractivity contribution in [1.82, 2.24) is 14.7 Å². The molecule has 2 aromatic rings. The number of amides is 1. The molecule has 1 amide bonds. The van der Waals surface area contributed by atoms with Crippen LogP contribution < -0.4 is 5.73 Å². The molecule has 0 saturated carbocycles. The van der Waals surface area contributed by atoms with Crippen LogP contribution in [0.3, 0.4) is 0 Å². The Labute approximate surface area is 124 Å². The van der Waals surface area contributed by atoms with Crippen LogP contribution in [0.25, 0.3) is 0 Å². The molecule has 21 heavy (non-hydrogen) atoms. The molecule has 5 nitrogen and oxygen atoms in total. The number of nitrogen functional groups attached to an aromatic ring is 1. The van der Waals surface area contributed by atoms with Crippen molar-refractivity contribution in [2.75, 3.05) is 12.8 Å². The van der Waals surface area contributed by atoms with E-state index in [1.807, 2.05) is 36.0 Å². The number of aromatic nitrogens is 2. The number of hydrogen-bond donors (Lipinski definition) is 1.